The molecule has 0 aromatic heterocycles. The summed E-state index contributed by atoms with van der Waals surface area (Å²) in [5.74, 6) is 0.410. The van der Waals surface area contributed by atoms with Crippen molar-refractivity contribution in [3.63, 3.8) is 0 Å². The minimum absolute atomic E-state index is 0.0829. The van der Waals surface area contributed by atoms with Gasteiger partial charge < -0.3 is 5.32 Å². The molecule has 0 aliphatic rings. The van der Waals surface area contributed by atoms with Crippen LogP contribution in [0.1, 0.15) is 20.8 Å². The van der Waals surface area contributed by atoms with Crippen LogP contribution in [0.5, 0.6) is 0 Å². The Kier molecular flexibility index (Phi) is 3.72. The average Bonchev–Trinajstić information content (AvgIpc) is 1.53. The maximum atomic E-state index is 10.8. The third-order valence-corrected chi connectivity index (χ3v) is 2.21. The zero-order chi connectivity index (χ0) is 9.07. The number of hydrogen-bond acceptors (Lipinski definition) is 2. The largest absolute Gasteiger partial charge is 0.351 e. The highest BCUT2D eigenvalue weighted by Crippen LogP contribution is 2.02. The molecule has 0 aliphatic heterocycles. The predicted molar refractivity (Wildman–Crippen MR) is 46.8 cm³/mol. The third kappa shape index (κ3) is 6.04. The molecule has 0 saturated carbocycles. The van der Waals surface area contributed by atoms with Gasteiger partial charge in [-0.2, -0.15) is 0 Å². The van der Waals surface area contributed by atoms with E-state index in [1.165, 1.54) is 6.92 Å². The summed E-state index contributed by atoms with van der Waals surface area (Å²) in [6.07, 6.45) is 1.63. The van der Waals surface area contributed by atoms with Crippen LogP contribution in [-0.4, -0.2) is 27.7 Å². The molecular weight excluding hydrogens is 162 g/mol. The van der Waals surface area contributed by atoms with Crippen LogP contribution in [0.3, 0.4) is 0 Å². The van der Waals surface area contributed by atoms with Gasteiger partial charge in [-0.05, 0) is 13.8 Å². The van der Waals surface area contributed by atoms with Crippen molar-refractivity contribution in [2.75, 3.05) is 12.0 Å². The maximum Gasteiger partial charge on any atom is 0.217 e. The first-order valence-electron chi connectivity index (χ1n) is 3.42. The van der Waals surface area contributed by atoms with Crippen molar-refractivity contribution in [3.05, 3.63) is 0 Å². The molecule has 0 radical (unpaired) electrons. The Morgan fingerprint density at radius 3 is 2.27 bits per heavy atom. The van der Waals surface area contributed by atoms with E-state index >= 15 is 0 Å². The smallest absolute Gasteiger partial charge is 0.217 e. The molecule has 1 atom stereocenters. The Balaban J connectivity index is 3.99. The second-order valence-electron chi connectivity index (χ2n) is 3.28. The average molecular weight is 177 g/mol. The van der Waals surface area contributed by atoms with Gasteiger partial charge >= 0.3 is 0 Å². The summed E-state index contributed by atoms with van der Waals surface area (Å²) in [6.45, 7) is 5.17. The second-order valence-corrected chi connectivity index (χ2v) is 4.72. The highest BCUT2D eigenvalue weighted by atomic mass is 32.2. The van der Waals surface area contributed by atoms with Crippen molar-refractivity contribution in [1.29, 1.82) is 0 Å². The van der Waals surface area contributed by atoms with Crippen molar-refractivity contribution in [2.24, 2.45) is 0 Å². The monoisotopic (exact) mass is 177 g/mol. The quantitative estimate of drug-likeness (QED) is 0.673. The highest BCUT2D eigenvalue weighted by Gasteiger charge is 2.19. The summed E-state index contributed by atoms with van der Waals surface area (Å²) in [4.78, 5) is 10.6. The summed E-state index contributed by atoms with van der Waals surface area (Å²) < 4.78 is 10.8. The minimum atomic E-state index is -0.866. The van der Waals surface area contributed by atoms with Crippen molar-refractivity contribution < 1.29 is 9.00 Å². The Labute approximate surface area is 70.0 Å². The second kappa shape index (κ2) is 3.85. The van der Waals surface area contributed by atoms with Crippen LogP contribution < -0.4 is 5.32 Å². The summed E-state index contributed by atoms with van der Waals surface area (Å²) >= 11 is 0. The summed E-state index contributed by atoms with van der Waals surface area (Å²) in [5.41, 5.74) is -0.356. The van der Waals surface area contributed by atoms with E-state index < -0.39 is 10.8 Å². The van der Waals surface area contributed by atoms with Gasteiger partial charge in [-0.1, -0.05) is 0 Å². The maximum absolute atomic E-state index is 10.8. The van der Waals surface area contributed by atoms with E-state index in [4.69, 9.17) is 0 Å². The fraction of sp³-hybridized carbons (Fsp3) is 0.857. The normalized spacial score (nSPS) is 14.2. The molecule has 0 bridgehead atoms. The van der Waals surface area contributed by atoms with Crippen molar-refractivity contribution in [1.82, 2.24) is 5.32 Å². The van der Waals surface area contributed by atoms with Crippen molar-refractivity contribution in [2.45, 2.75) is 26.3 Å². The molecule has 1 unspecified atom stereocenters. The van der Waals surface area contributed by atoms with Crippen LogP contribution in [0.2, 0.25) is 0 Å². The molecule has 1 amide bonds. The Hall–Kier alpha value is -0.380. The van der Waals surface area contributed by atoms with Gasteiger partial charge in [0.2, 0.25) is 5.91 Å². The van der Waals surface area contributed by atoms with Gasteiger partial charge in [-0.15, -0.1) is 0 Å². The lowest BCUT2D eigenvalue weighted by molar-refractivity contribution is -0.120. The Morgan fingerprint density at radius 1 is 1.55 bits per heavy atom. The fourth-order valence-electron chi connectivity index (χ4n) is 1.02. The van der Waals surface area contributed by atoms with Crippen LogP contribution in [0, 0.1) is 0 Å². The molecule has 0 heterocycles. The van der Waals surface area contributed by atoms with Gasteiger partial charge in [0.25, 0.3) is 0 Å². The molecule has 0 saturated heterocycles. The number of rotatable bonds is 3. The van der Waals surface area contributed by atoms with E-state index in [-0.39, 0.29) is 11.4 Å². The first-order chi connectivity index (χ1) is 4.83. The summed E-state index contributed by atoms with van der Waals surface area (Å²) in [7, 11) is -0.866. The van der Waals surface area contributed by atoms with E-state index in [0.29, 0.717) is 5.75 Å². The molecule has 0 aromatic carbocycles. The lowest BCUT2D eigenvalue weighted by Crippen LogP contribution is -2.46. The number of nitrogens with one attached hydrogen (secondary N) is 1. The fourth-order valence-corrected chi connectivity index (χ4v) is 2.11. The predicted octanol–water partition coefficient (Wildman–Crippen LogP) is 0.280. The zero-order valence-electron chi connectivity index (χ0n) is 7.43. The van der Waals surface area contributed by atoms with Gasteiger partial charge in [-0.25, -0.2) is 0 Å². The summed E-state index contributed by atoms with van der Waals surface area (Å²) in [5, 5.41) is 2.72. The highest BCUT2D eigenvalue weighted by molar-refractivity contribution is 7.84. The molecule has 0 fully saturated rings. The van der Waals surface area contributed by atoms with Crippen molar-refractivity contribution >= 4 is 16.7 Å². The van der Waals surface area contributed by atoms with Crippen LogP contribution in [0.4, 0.5) is 0 Å². The molecule has 4 heteroatoms. The van der Waals surface area contributed by atoms with Gasteiger partial charge in [0.15, 0.2) is 0 Å². The Morgan fingerprint density at radius 2 is 2.00 bits per heavy atom. The number of amides is 1. The van der Waals surface area contributed by atoms with E-state index in [1.54, 1.807) is 6.26 Å². The van der Waals surface area contributed by atoms with Crippen LogP contribution in [0.15, 0.2) is 0 Å². The SMILES string of the molecule is CC(=O)NC(C)(C)CS(C)=O. The minimum Gasteiger partial charge on any atom is -0.351 e. The zero-order valence-corrected chi connectivity index (χ0v) is 8.25. The number of carbonyl (C=O) groups excluding carboxylic acids is 1. The summed E-state index contributed by atoms with van der Waals surface area (Å²) in [6, 6.07) is 0. The van der Waals surface area contributed by atoms with E-state index in [0.717, 1.165) is 0 Å². The molecule has 0 rings (SSSR count). The van der Waals surface area contributed by atoms with E-state index in [2.05, 4.69) is 5.32 Å². The van der Waals surface area contributed by atoms with Gasteiger partial charge in [0, 0.05) is 35.3 Å². The number of hydrogen-bond donors (Lipinski definition) is 1. The van der Waals surface area contributed by atoms with Crippen molar-refractivity contribution in [3.8, 4) is 0 Å². The molecule has 1 N–H and O–H groups in total. The molecule has 3 nitrogen and oxygen atoms in total. The molecule has 0 aromatic rings. The molecule has 11 heavy (non-hydrogen) atoms. The van der Waals surface area contributed by atoms with Crippen LogP contribution in [-0.2, 0) is 15.6 Å². The van der Waals surface area contributed by atoms with Gasteiger partial charge in [-0.3, -0.25) is 9.00 Å². The molecule has 0 spiro atoms. The van der Waals surface area contributed by atoms with E-state index in [1.807, 2.05) is 13.8 Å². The topological polar surface area (TPSA) is 46.2 Å². The van der Waals surface area contributed by atoms with Gasteiger partial charge in [0.05, 0.1) is 0 Å². The molecule has 0 aliphatic carbocycles. The standard InChI is InChI=1S/C7H15NO2S/c1-6(9)8-7(2,3)5-11(4)10/h5H2,1-4H3,(H,8,9). The van der Waals surface area contributed by atoms with Crippen LogP contribution in [0.25, 0.3) is 0 Å². The lowest BCUT2D eigenvalue weighted by atomic mass is 10.1. The Bertz CT molecular complexity index is 159. The first kappa shape index (κ1) is 10.6. The number of carbonyl (C=O) groups is 1. The third-order valence-electron chi connectivity index (χ3n) is 1.08. The van der Waals surface area contributed by atoms with Gasteiger partial charge in [0.1, 0.15) is 0 Å². The lowest BCUT2D eigenvalue weighted by Gasteiger charge is -2.23. The van der Waals surface area contributed by atoms with Crippen LogP contribution >= 0.6 is 0 Å². The first-order valence-corrected chi connectivity index (χ1v) is 5.15. The molecule has 66 valence electrons. The van der Waals surface area contributed by atoms with E-state index in [9.17, 15) is 9.00 Å². The molecular formula is C7H15NO2S.